The number of aliphatic imine (C=N–C) groups is 2. The minimum atomic E-state index is -1.59. The van der Waals surface area contributed by atoms with Crippen molar-refractivity contribution in [2.75, 3.05) is 83.9 Å². The molecule has 0 bridgehead atoms. The highest BCUT2D eigenvalue weighted by atomic mass is 16.6. The third-order valence-corrected chi connectivity index (χ3v) is 20.8. The van der Waals surface area contributed by atoms with Crippen molar-refractivity contribution in [1.82, 2.24) is 24.5 Å². The van der Waals surface area contributed by atoms with E-state index in [1.165, 1.54) is 55.4 Å². The fourth-order valence-corrected chi connectivity index (χ4v) is 15.0. The molecule has 0 saturated carbocycles. The molecular weight excluding hydrogens is 1510 g/mol. The largest absolute Gasteiger partial charge is 0.493 e. The molecule has 0 aromatic heterocycles. The molecule has 13 rings (SSSR count). The Balaban J connectivity index is 0.000000227. The van der Waals surface area contributed by atoms with Crippen molar-refractivity contribution in [3.05, 3.63) is 190 Å². The first-order chi connectivity index (χ1) is 56.5. The molecule has 30 heteroatoms. The van der Waals surface area contributed by atoms with Gasteiger partial charge in [-0.25, -0.2) is 19.4 Å². The summed E-state index contributed by atoms with van der Waals surface area (Å²) in [6.45, 7) is 11.7. The molecule has 4 aromatic rings. The second-order valence-electron chi connectivity index (χ2n) is 28.8. The van der Waals surface area contributed by atoms with E-state index in [0.29, 0.717) is 78.5 Å². The maximum Gasteiger partial charge on any atom is 0.416 e. The molecule has 6 atom stereocenters. The average molecular weight is 1600 g/mol. The van der Waals surface area contributed by atoms with E-state index in [4.69, 9.17) is 42.6 Å². The van der Waals surface area contributed by atoms with Crippen molar-refractivity contribution < 1.29 is 101 Å². The zero-order chi connectivity index (χ0) is 83.3. The standard InChI is InChI=1S/C50H55N5O13.C37H40N4O8/c1-5-9-32-22-34-27-51-39-25-42(31(3)21-37(39)47(60)53(34)28-32)66-18-8-19-67-44-26-40-38(24-43(44)64-4)48(61)54-29-33(10-6-2)23-41(54)49(62)55(40)50(63)68-30-36(57)15-20-65-17-7-11-35(56)14-16-52-45(58)12-13-46(52)59;1-6-9-23-14-25-19-38-28-17-31(22(3)13-26(28)34(42)39(25)20-23)48-11-8-12-49-33-18-29-27(16-32(33)46-4)35(43)40-21-24(10-7-2)15-30(40)36(44)41(29)37(45)47-5/h5-6,9-10,12-13,21,24-29,34,41,49,62H,7-8,11,14-20,22-23,30H2,1-4H3;6-7,9-10,13,16-21,25,30,36,44H,8,11-12,14-15H2,1-5H3/b9-5+,10-6+;9-6+,10-7+/t34-,41-,49-;25-,30-,36-/m00/s1. The van der Waals surface area contributed by atoms with Crippen LogP contribution in [-0.2, 0) is 33.4 Å². The van der Waals surface area contributed by atoms with E-state index in [-0.39, 0.29) is 141 Å². The number of rotatable bonds is 30. The Hall–Kier alpha value is -12.5. The second-order valence-corrected chi connectivity index (χ2v) is 28.8. The van der Waals surface area contributed by atoms with Gasteiger partial charge < -0.3 is 72.4 Å². The lowest BCUT2D eigenvalue weighted by Crippen LogP contribution is -2.50. The average Bonchev–Trinajstić information content (AvgIpc) is 1.62. The van der Waals surface area contributed by atoms with Gasteiger partial charge in [-0.15, -0.1) is 0 Å². The Bertz CT molecular complexity index is 4950. The highest BCUT2D eigenvalue weighted by Gasteiger charge is 2.48. The fraction of sp³-hybridized carbons (Fsp3) is 0.379. The number of ether oxygens (including phenoxy) is 9. The van der Waals surface area contributed by atoms with Gasteiger partial charge >= 0.3 is 12.2 Å². The van der Waals surface area contributed by atoms with Crippen molar-refractivity contribution in [1.29, 1.82) is 0 Å². The number of nitrogens with zero attached hydrogens (tertiary/aromatic N) is 9. The van der Waals surface area contributed by atoms with Crippen LogP contribution in [0.4, 0.5) is 32.3 Å². The number of benzene rings is 4. The summed E-state index contributed by atoms with van der Waals surface area (Å²) >= 11 is 0. The van der Waals surface area contributed by atoms with Crippen molar-refractivity contribution >= 4 is 94.4 Å². The molecule has 9 heterocycles. The van der Waals surface area contributed by atoms with Gasteiger partial charge in [0, 0.05) is 119 Å². The first-order valence-electron chi connectivity index (χ1n) is 38.8. The number of fused-ring (bicyclic) bond motifs is 8. The molecule has 117 heavy (non-hydrogen) atoms. The van der Waals surface area contributed by atoms with Gasteiger partial charge in [0.15, 0.2) is 47.8 Å². The number of carbonyl (C=O) groups excluding carboxylic acids is 10. The number of imide groups is 1. The van der Waals surface area contributed by atoms with Crippen LogP contribution in [0, 0.1) is 13.8 Å². The van der Waals surface area contributed by atoms with Gasteiger partial charge in [-0.2, -0.15) is 0 Å². The third-order valence-electron chi connectivity index (χ3n) is 20.8. The van der Waals surface area contributed by atoms with Gasteiger partial charge in [0.1, 0.15) is 17.3 Å². The molecular formula is C87H95N9O21. The molecule has 0 aliphatic carbocycles. The maximum atomic E-state index is 14.1. The van der Waals surface area contributed by atoms with E-state index < -0.39 is 66.8 Å². The predicted octanol–water partition coefficient (Wildman–Crippen LogP) is 11.7. The summed E-state index contributed by atoms with van der Waals surface area (Å²) in [6, 6.07) is 11.2. The summed E-state index contributed by atoms with van der Waals surface area (Å²) in [7, 11) is 4.09. The number of amides is 8. The summed E-state index contributed by atoms with van der Waals surface area (Å²) < 4.78 is 51.6. The number of carbonyl (C=O) groups is 10. The number of ketones is 2. The summed E-state index contributed by atoms with van der Waals surface area (Å²) in [5.74, 6) is -0.491. The van der Waals surface area contributed by atoms with Crippen LogP contribution in [0.3, 0.4) is 0 Å². The summed E-state index contributed by atoms with van der Waals surface area (Å²) in [6.07, 6.45) is 26.7. The molecule has 2 N–H and O–H groups in total. The zero-order valence-electron chi connectivity index (χ0n) is 66.7. The molecule has 9 aliphatic rings. The number of aliphatic hydroxyl groups is 2. The molecule has 0 spiro atoms. The van der Waals surface area contributed by atoms with E-state index in [2.05, 4.69) is 9.98 Å². The zero-order valence-corrected chi connectivity index (χ0v) is 66.7. The van der Waals surface area contributed by atoms with Crippen LogP contribution in [0.1, 0.15) is 144 Å². The van der Waals surface area contributed by atoms with Crippen LogP contribution in [0.15, 0.2) is 166 Å². The first kappa shape index (κ1) is 83.9. The molecule has 9 aliphatic heterocycles. The number of allylic oxidation sites excluding steroid dienone is 8. The van der Waals surface area contributed by atoms with Crippen LogP contribution in [0.5, 0.6) is 34.5 Å². The highest BCUT2D eigenvalue weighted by Crippen LogP contribution is 2.46. The number of anilines is 2. The Morgan fingerprint density at radius 1 is 0.453 bits per heavy atom. The van der Waals surface area contributed by atoms with Gasteiger partial charge in [-0.05, 0) is 131 Å². The van der Waals surface area contributed by atoms with Gasteiger partial charge in [-0.3, -0.25) is 53.2 Å². The lowest BCUT2D eigenvalue weighted by Gasteiger charge is -2.31. The Kier molecular flexibility index (Phi) is 27.1. The van der Waals surface area contributed by atoms with Gasteiger partial charge in [0.25, 0.3) is 35.4 Å². The quantitative estimate of drug-likeness (QED) is 0.0362. The molecule has 614 valence electrons. The SMILES string of the molecule is C/C=C/C1=CN2C(=O)c3cc(C)c(OCCCOc4cc5c(cc4OC)C(=O)N4C=C(/C=C/C)C[C@H]4[C@H](O)N5C(=O)OC)cc3N=C[C@@H]2C1.C/C=C/C1=CN2C(=O)c3cc(C)c(OCCCOc4cc5c(cc4OC)C(=O)N4C=C(/C=C/C)C[C@H]4[C@H](O)N5C(=O)OCC(=O)CCOCCCC(=O)CCN4C(=O)C=CC4=O)cc3N=C[C@@H]2C1. The van der Waals surface area contributed by atoms with Crippen molar-refractivity contribution in [3.63, 3.8) is 0 Å². The van der Waals surface area contributed by atoms with Crippen LogP contribution in [0.2, 0.25) is 0 Å². The molecule has 4 aromatic carbocycles. The Morgan fingerprint density at radius 3 is 1.31 bits per heavy atom. The minimum absolute atomic E-state index is 0.00338. The van der Waals surface area contributed by atoms with Crippen molar-refractivity contribution in [2.24, 2.45) is 9.98 Å². The lowest BCUT2D eigenvalue weighted by molar-refractivity contribution is -0.137. The van der Waals surface area contributed by atoms with E-state index in [9.17, 15) is 58.2 Å². The van der Waals surface area contributed by atoms with E-state index >= 15 is 0 Å². The molecule has 0 fully saturated rings. The monoisotopic (exact) mass is 1600 g/mol. The lowest BCUT2D eigenvalue weighted by atomic mass is 10.1. The predicted molar refractivity (Wildman–Crippen MR) is 432 cm³/mol. The molecule has 8 amide bonds. The second kappa shape index (κ2) is 37.8. The third kappa shape index (κ3) is 18.6. The number of methoxy groups -OCH3 is 3. The topological polar surface area (TPSA) is 342 Å². The molecule has 0 saturated heterocycles. The van der Waals surface area contributed by atoms with Crippen LogP contribution < -0.4 is 38.2 Å². The molecule has 0 unspecified atom stereocenters. The highest BCUT2D eigenvalue weighted by molar-refractivity contribution is 6.13. The fourth-order valence-electron chi connectivity index (χ4n) is 15.0. The first-order valence-corrected chi connectivity index (χ1v) is 38.8. The molecule has 30 nitrogen and oxygen atoms in total. The summed E-state index contributed by atoms with van der Waals surface area (Å²) in [5.41, 5.74) is 7.73. The minimum Gasteiger partial charge on any atom is -0.493 e. The van der Waals surface area contributed by atoms with Crippen molar-refractivity contribution in [3.8, 4) is 34.5 Å². The summed E-state index contributed by atoms with van der Waals surface area (Å²) in [5, 5.41) is 23.2. The van der Waals surface area contributed by atoms with Gasteiger partial charge in [0.05, 0.1) is 124 Å². The number of hydrogen-bond donors (Lipinski definition) is 2. The smallest absolute Gasteiger partial charge is 0.416 e. The van der Waals surface area contributed by atoms with Crippen molar-refractivity contribution in [2.45, 2.75) is 142 Å². The van der Waals surface area contributed by atoms with Crippen LogP contribution >= 0.6 is 0 Å². The van der Waals surface area contributed by atoms with Crippen LogP contribution in [0.25, 0.3) is 0 Å². The normalized spacial score (nSPS) is 20.2. The van der Waals surface area contributed by atoms with Crippen LogP contribution in [-0.4, -0.2) is 217 Å². The Labute approximate surface area is 677 Å². The van der Waals surface area contributed by atoms with E-state index in [1.54, 1.807) is 52.7 Å². The van der Waals surface area contributed by atoms with Gasteiger partial charge in [-0.1, -0.05) is 48.6 Å². The Morgan fingerprint density at radius 2 is 0.872 bits per heavy atom. The maximum absolute atomic E-state index is 14.1. The van der Waals surface area contributed by atoms with E-state index in [1.807, 2.05) is 109 Å². The number of hydrogen-bond acceptors (Lipinski definition) is 23. The molecule has 0 radical (unpaired) electrons. The summed E-state index contributed by atoms with van der Waals surface area (Å²) in [4.78, 5) is 149. The number of Topliss-reactive ketones (excluding diaryl/α,β-unsaturated/α-hetero) is 2. The number of aryl methyl sites for hydroxylation is 2. The number of aliphatic hydroxyl groups excluding tert-OH is 2. The van der Waals surface area contributed by atoms with Gasteiger partial charge in [0.2, 0.25) is 0 Å². The van der Waals surface area contributed by atoms with E-state index in [0.717, 1.165) is 66.7 Å².